The van der Waals surface area contributed by atoms with E-state index in [1.54, 1.807) is 0 Å². The van der Waals surface area contributed by atoms with Gasteiger partial charge in [0.05, 0.1) is 17.7 Å². The highest BCUT2D eigenvalue weighted by Gasteiger charge is 2.32. The highest BCUT2D eigenvalue weighted by molar-refractivity contribution is 5.56. The van der Waals surface area contributed by atoms with Gasteiger partial charge in [0.1, 0.15) is 0 Å². The molecular weight excluding hydrogens is 256 g/mol. The number of hydrogen-bond donors (Lipinski definition) is 1. The molecule has 0 amide bonds. The second-order valence-electron chi connectivity index (χ2n) is 6.01. The summed E-state index contributed by atoms with van der Waals surface area (Å²) in [4.78, 5) is 0. The van der Waals surface area contributed by atoms with Crippen LogP contribution in [-0.4, -0.2) is 0 Å². The quantitative estimate of drug-likeness (QED) is 0.875. The molecule has 1 saturated carbocycles. The Morgan fingerprint density at radius 3 is 2.43 bits per heavy atom. The fourth-order valence-corrected chi connectivity index (χ4v) is 2.69. The van der Waals surface area contributed by atoms with Crippen LogP contribution in [0.15, 0.2) is 42.5 Å². The average molecular weight is 276 g/mol. The van der Waals surface area contributed by atoms with E-state index in [0.717, 1.165) is 5.69 Å². The normalized spacial score (nSPS) is 15.3. The molecule has 0 heterocycles. The number of anilines is 1. The fourth-order valence-electron chi connectivity index (χ4n) is 2.69. The van der Waals surface area contributed by atoms with Gasteiger partial charge in [0, 0.05) is 5.69 Å². The highest BCUT2D eigenvalue weighted by Crippen LogP contribution is 2.43. The molecule has 0 bridgehead atoms. The van der Waals surface area contributed by atoms with Crippen LogP contribution in [0, 0.1) is 31.1 Å². The van der Waals surface area contributed by atoms with Gasteiger partial charge in [-0.3, -0.25) is 0 Å². The van der Waals surface area contributed by atoms with Crippen molar-refractivity contribution in [2.45, 2.75) is 32.7 Å². The van der Waals surface area contributed by atoms with Crippen molar-refractivity contribution in [2.75, 3.05) is 5.32 Å². The van der Waals surface area contributed by atoms with Crippen LogP contribution >= 0.6 is 0 Å². The predicted molar refractivity (Wildman–Crippen MR) is 86.2 cm³/mol. The number of rotatable bonds is 4. The van der Waals surface area contributed by atoms with Crippen LogP contribution in [0.3, 0.4) is 0 Å². The first kappa shape index (κ1) is 13.7. The van der Waals surface area contributed by atoms with Crippen LogP contribution in [0.25, 0.3) is 0 Å². The molecule has 1 N–H and O–H groups in total. The maximum Gasteiger partial charge on any atom is 0.0992 e. The zero-order valence-corrected chi connectivity index (χ0v) is 12.6. The standard InChI is InChI=1S/C19H20N2/c1-13-3-7-16(8-4-13)19(17-9-10-17)21-18-11-15(12-20)6-5-14(18)2/h3-8,11,17,19,21H,9-10H2,1-2H3. The zero-order chi connectivity index (χ0) is 14.8. The van der Waals surface area contributed by atoms with E-state index in [4.69, 9.17) is 5.26 Å². The Kier molecular flexibility index (Phi) is 3.66. The van der Waals surface area contributed by atoms with Crippen molar-refractivity contribution in [1.29, 1.82) is 5.26 Å². The van der Waals surface area contributed by atoms with Crippen LogP contribution in [0.4, 0.5) is 5.69 Å². The maximum atomic E-state index is 9.08. The molecule has 21 heavy (non-hydrogen) atoms. The second-order valence-corrected chi connectivity index (χ2v) is 6.01. The van der Waals surface area contributed by atoms with Crippen LogP contribution < -0.4 is 5.32 Å². The Bertz CT molecular complexity index is 676. The first-order valence-electron chi connectivity index (χ1n) is 7.51. The van der Waals surface area contributed by atoms with Crippen molar-refractivity contribution in [3.8, 4) is 6.07 Å². The molecule has 1 aliphatic rings. The van der Waals surface area contributed by atoms with Gasteiger partial charge in [-0.25, -0.2) is 0 Å². The molecular formula is C19H20N2. The summed E-state index contributed by atoms with van der Waals surface area (Å²) < 4.78 is 0. The van der Waals surface area contributed by atoms with Crippen molar-refractivity contribution in [3.05, 3.63) is 64.7 Å². The molecule has 1 atom stereocenters. The lowest BCUT2D eigenvalue weighted by atomic mass is 10.00. The Morgan fingerprint density at radius 1 is 1.10 bits per heavy atom. The first-order chi connectivity index (χ1) is 10.2. The van der Waals surface area contributed by atoms with Crippen LogP contribution in [0.2, 0.25) is 0 Å². The Balaban J connectivity index is 1.89. The molecule has 0 radical (unpaired) electrons. The second kappa shape index (κ2) is 5.61. The third kappa shape index (κ3) is 3.08. The molecule has 2 heteroatoms. The smallest absolute Gasteiger partial charge is 0.0992 e. The largest absolute Gasteiger partial charge is 0.378 e. The van der Waals surface area contributed by atoms with Crippen LogP contribution in [0.1, 0.15) is 41.1 Å². The third-order valence-corrected chi connectivity index (χ3v) is 4.21. The summed E-state index contributed by atoms with van der Waals surface area (Å²) in [7, 11) is 0. The summed E-state index contributed by atoms with van der Waals surface area (Å²) in [6.45, 7) is 4.20. The van der Waals surface area contributed by atoms with Gasteiger partial charge in [0.25, 0.3) is 0 Å². The van der Waals surface area contributed by atoms with E-state index >= 15 is 0 Å². The molecule has 1 unspecified atom stereocenters. The number of nitrogens with one attached hydrogen (secondary N) is 1. The number of nitriles is 1. The molecule has 0 aromatic heterocycles. The molecule has 106 valence electrons. The summed E-state index contributed by atoms with van der Waals surface area (Å²) in [5.74, 6) is 0.706. The average Bonchev–Trinajstić information content (AvgIpc) is 3.32. The molecule has 3 rings (SSSR count). The lowest BCUT2D eigenvalue weighted by molar-refractivity contribution is 0.678. The first-order valence-corrected chi connectivity index (χ1v) is 7.51. The lowest BCUT2D eigenvalue weighted by Gasteiger charge is -2.22. The summed E-state index contributed by atoms with van der Waals surface area (Å²) in [6, 6.07) is 17.2. The Morgan fingerprint density at radius 2 is 1.81 bits per heavy atom. The number of nitrogens with zero attached hydrogens (tertiary/aromatic N) is 1. The van der Waals surface area contributed by atoms with E-state index in [9.17, 15) is 0 Å². The minimum absolute atomic E-state index is 0.346. The van der Waals surface area contributed by atoms with E-state index in [1.165, 1.54) is 29.5 Å². The van der Waals surface area contributed by atoms with Gasteiger partial charge in [-0.15, -0.1) is 0 Å². The summed E-state index contributed by atoms with van der Waals surface area (Å²) in [5.41, 5.74) is 5.60. The Labute approximate surface area is 126 Å². The van der Waals surface area contributed by atoms with Gasteiger partial charge in [-0.1, -0.05) is 35.9 Å². The van der Waals surface area contributed by atoms with E-state index in [2.05, 4.69) is 49.5 Å². The van der Waals surface area contributed by atoms with E-state index < -0.39 is 0 Å². The summed E-state index contributed by atoms with van der Waals surface area (Å²) in [5, 5.41) is 12.7. The van der Waals surface area contributed by atoms with E-state index in [1.807, 2.05) is 18.2 Å². The number of hydrogen-bond acceptors (Lipinski definition) is 2. The molecule has 0 spiro atoms. The third-order valence-electron chi connectivity index (χ3n) is 4.21. The topological polar surface area (TPSA) is 35.8 Å². The number of benzene rings is 2. The molecule has 0 saturated heterocycles. The molecule has 1 aliphatic carbocycles. The fraction of sp³-hybridized carbons (Fsp3) is 0.316. The minimum Gasteiger partial charge on any atom is -0.378 e. The molecule has 1 fully saturated rings. The minimum atomic E-state index is 0.346. The van der Waals surface area contributed by atoms with Crippen molar-refractivity contribution < 1.29 is 0 Å². The van der Waals surface area contributed by atoms with Crippen molar-refractivity contribution in [1.82, 2.24) is 0 Å². The monoisotopic (exact) mass is 276 g/mol. The van der Waals surface area contributed by atoms with Gasteiger partial charge in [-0.2, -0.15) is 5.26 Å². The molecule has 2 aromatic rings. The summed E-state index contributed by atoms with van der Waals surface area (Å²) >= 11 is 0. The molecule has 0 aliphatic heterocycles. The van der Waals surface area contributed by atoms with Crippen LogP contribution in [-0.2, 0) is 0 Å². The van der Waals surface area contributed by atoms with E-state index in [-0.39, 0.29) is 0 Å². The van der Waals surface area contributed by atoms with Gasteiger partial charge in [0.15, 0.2) is 0 Å². The van der Waals surface area contributed by atoms with Gasteiger partial charge in [-0.05, 0) is 55.9 Å². The van der Waals surface area contributed by atoms with Gasteiger partial charge in [0.2, 0.25) is 0 Å². The van der Waals surface area contributed by atoms with Gasteiger partial charge < -0.3 is 5.32 Å². The zero-order valence-electron chi connectivity index (χ0n) is 12.6. The number of aryl methyl sites for hydroxylation is 2. The maximum absolute atomic E-state index is 9.08. The van der Waals surface area contributed by atoms with Crippen LogP contribution in [0.5, 0.6) is 0 Å². The van der Waals surface area contributed by atoms with E-state index in [0.29, 0.717) is 17.5 Å². The van der Waals surface area contributed by atoms with Gasteiger partial charge >= 0.3 is 0 Å². The highest BCUT2D eigenvalue weighted by atomic mass is 14.9. The molecule has 2 nitrogen and oxygen atoms in total. The lowest BCUT2D eigenvalue weighted by Crippen LogP contribution is -2.13. The SMILES string of the molecule is Cc1ccc(C(Nc2cc(C#N)ccc2C)C2CC2)cc1. The summed E-state index contributed by atoms with van der Waals surface area (Å²) in [6.07, 6.45) is 2.56. The van der Waals surface area contributed by atoms with Crippen molar-refractivity contribution >= 4 is 5.69 Å². The Hall–Kier alpha value is -2.27. The predicted octanol–water partition coefficient (Wildman–Crippen LogP) is 4.74. The van der Waals surface area contributed by atoms with Crippen molar-refractivity contribution in [3.63, 3.8) is 0 Å². The van der Waals surface area contributed by atoms with Crippen molar-refractivity contribution in [2.24, 2.45) is 5.92 Å². The molecule has 2 aromatic carbocycles.